The maximum absolute atomic E-state index is 14.7. The number of fused-ring (bicyclic) bond motifs is 2. The molecule has 0 aliphatic carbocycles. The zero-order chi connectivity index (χ0) is 24.0. The molecule has 0 aliphatic heterocycles. The minimum absolute atomic E-state index is 0.00204. The third-order valence-corrected chi connectivity index (χ3v) is 5.88. The van der Waals surface area contributed by atoms with E-state index in [-0.39, 0.29) is 16.8 Å². The molecule has 3 N–H and O–H groups in total. The number of hydrogen-bond acceptors (Lipinski definition) is 5. The molecular weight excluding hydrogens is 435 g/mol. The van der Waals surface area contributed by atoms with E-state index in [1.807, 2.05) is 13.0 Å². The number of nitrogens with one attached hydrogen (secondary N) is 1. The van der Waals surface area contributed by atoms with Crippen molar-refractivity contribution in [1.82, 2.24) is 24.5 Å². The third-order valence-electron chi connectivity index (χ3n) is 5.88. The Morgan fingerprint density at radius 1 is 1.12 bits per heavy atom. The molecule has 170 valence electrons. The van der Waals surface area contributed by atoms with Crippen molar-refractivity contribution in [2.24, 2.45) is 0 Å². The van der Waals surface area contributed by atoms with E-state index >= 15 is 0 Å². The van der Waals surface area contributed by atoms with Crippen LogP contribution in [0.1, 0.15) is 34.6 Å². The molecule has 0 spiro atoms. The molecule has 3 heterocycles. The Labute approximate surface area is 193 Å². The first kappa shape index (κ1) is 21.3. The van der Waals surface area contributed by atoms with Gasteiger partial charge >= 0.3 is 0 Å². The molecule has 5 rings (SSSR count). The second-order valence-electron chi connectivity index (χ2n) is 7.99. The average Bonchev–Trinajstić information content (AvgIpc) is 3.17. The maximum atomic E-state index is 14.7. The third kappa shape index (κ3) is 3.29. The second kappa shape index (κ2) is 8.11. The number of halogens is 1. The molecule has 3 aromatic heterocycles. The molecule has 9 heteroatoms. The van der Waals surface area contributed by atoms with Crippen LogP contribution < -0.4 is 16.6 Å². The van der Waals surface area contributed by atoms with Gasteiger partial charge in [0.15, 0.2) is 11.5 Å². The van der Waals surface area contributed by atoms with Gasteiger partial charge in [-0.25, -0.2) is 13.9 Å². The van der Waals surface area contributed by atoms with Crippen LogP contribution in [-0.4, -0.2) is 25.1 Å². The number of hydrogen-bond donors (Lipinski definition) is 2. The lowest BCUT2D eigenvalue weighted by Crippen LogP contribution is -2.33. The summed E-state index contributed by atoms with van der Waals surface area (Å²) >= 11 is 0. The fourth-order valence-corrected chi connectivity index (χ4v) is 4.39. The number of para-hydroxylation sites is 1. The predicted molar refractivity (Wildman–Crippen MR) is 128 cm³/mol. The zero-order valence-corrected chi connectivity index (χ0v) is 18.5. The largest absolute Gasteiger partial charge is 0.381 e. The molecule has 8 nitrogen and oxygen atoms in total. The standard InChI is InChI=1S/C25H21FN6O2/c1-14-17-10-6-11-18(26)19(17)25(34)32(16-8-4-3-5-9-16)21(14)15(2)29-24(33)20-22(27)30-31-13-7-12-28-23(20)31/h3-13,15H,1-2H3,(H2,27,30)(H,29,33). The summed E-state index contributed by atoms with van der Waals surface area (Å²) in [6.07, 6.45) is 3.19. The van der Waals surface area contributed by atoms with Gasteiger partial charge in [0.25, 0.3) is 11.5 Å². The van der Waals surface area contributed by atoms with Crippen molar-refractivity contribution < 1.29 is 9.18 Å². The van der Waals surface area contributed by atoms with Crippen molar-refractivity contribution in [2.75, 3.05) is 5.73 Å². The molecule has 1 unspecified atom stereocenters. The van der Waals surface area contributed by atoms with E-state index in [4.69, 9.17) is 5.73 Å². The molecule has 0 bridgehead atoms. The van der Waals surface area contributed by atoms with Gasteiger partial charge in [-0.2, -0.15) is 0 Å². The van der Waals surface area contributed by atoms with Gasteiger partial charge in [0.1, 0.15) is 11.4 Å². The number of aromatic nitrogens is 4. The van der Waals surface area contributed by atoms with Crippen LogP contribution in [0.25, 0.3) is 22.1 Å². The molecule has 1 atom stereocenters. The number of anilines is 1. The van der Waals surface area contributed by atoms with Gasteiger partial charge in [-0.3, -0.25) is 14.2 Å². The number of rotatable bonds is 4. The van der Waals surface area contributed by atoms with Gasteiger partial charge < -0.3 is 11.1 Å². The smallest absolute Gasteiger partial charge is 0.266 e. The summed E-state index contributed by atoms with van der Waals surface area (Å²) in [4.78, 5) is 31.0. The van der Waals surface area contributed by atoms with Crippen LogP contribution >= 0.6 is 0 Å². The summed E-state index contributed by atoms with van der Waals surface area (Å²) in [6.45, 7) is 3.57. The lowest BCUT2D eigenvalue weighted by molar-refractivity contribution is 0.0941. The zero-order valence-electron chi connectivity index (χ0n) is 18.5. The Kier molecular flexibility index (Phi) is 5.09. The number of nitrogens with zero attached hydrogens (tertiary/aromatic N) is 4. The summed E-state index contributed by atoms with van der Waals surface area (Å²) in [5, 5.41) is 7.55. The van der Waals surface area contributed by atoms with Crippen molar-refractivity contribution in [3.05, 3.63) is 100.0 Å². The molecular formula is C25H21FN6O2. The Morgan fingerprint density at radius 2 is 1.88 bits per heavy atom. The van der Waals surface area contributed by atoms with Crippen LogP contribution in [0, 0.1) is 12.7 Å². The Hall–Kier alpha value is -4.53. The highest BCUT2D eigenvalue weighted by atomic mass is 19.1. The Bertz CT molecular complexity index is 1620. The van der Waals surface area contributed by atoms with Crippen molar-refractivity contribution in [1.29, 1.82) is 0 Å². The highest BCUT2D eigenvalue weighted by molar-refractivity contribution is 6.04. The van der Waals surface area contributed by atoms with Gasteiger partial charge in [-0.05, 0) is 49.1 Å². The minimum Gasteiger partial charge on any atom is -0.381 e. The highest BCUT2D eigenvalue weighted by Crippen LogP contribution is 2.28. The summed E-state index contributed by atoms with van der Waals surface area (Å²) in [5.74, 6) is -1.03. The van der Waals surface area contributed by atoms with Gasteiger partial charge in [0.2, 0.25) is 0 Å². The normalized spacial score (nSPS) is 12.2. The molecule has 0 fully saturated rings. The first-order chi connectivity index (χ1) is 16.4. The molecule has 1 amide bonds. The van der Waals surface area contributed by atoms with E-state index in [1.54, 1.807) is 61.8 Å². The van der Waals surface area contributed by atoms with Crippen LogP contribution in [-0.2, 0) is 0 Å². The number of nitrogens with two attached hydrogens (primary N) is 1. The van der Waals surface area contributed by atoms with E-state index in [2.05, 4.69) is 15.4 Å². The van der Waals surface area contributed by atoms with Crippen LogP contribution in [0.2, 0.25) is 0 Å². The van der Waals surface area contributed by atoms with Crippen molar-refractivity contribution in [2.45, 2.75) is 19.9 Å². The quantitative estimate of drug-likeness (QED) is 0.430. The number of carbonyl (C=O) groups excluding carboxylic acids is 1. The van der Waals surface area contributed by atoms with Crippen LogP contribution in [0.5, 0.6) is 0 Å². The van der Waals surface area contributed by atoms with E-state index in [0.29, 0.717) is 28.0 Å². The Balaban J connectivity index is 1.68. The van der Waals surface area contributed by atoms with Crippen molar-refractivity contribution in [3.63, 3.8) is 0 Å². The number of pyridine rings is 1. The molecule has 2 aromatic carbocycles. The van der Waals surface area contributed by atoms with Crippen LogP contribution in [0.4, 0.5) is 10.2 Å². The summed E-state index contributed by atoms with van der Waals surface area (Å²) in [5.41, 5.74) is 7.74. The van der Waals surface area contributed by atoms with Gasteiger partial charge in [-0.1, -0.05) is 30.3 Å². The second-order valence-corrected chi connectivity index (χ2v) is 7.99. The first-order valence-electron chi connectivity index (χ1n) is 10.7. The van der Waals surface area contributed by atoms with Gasteiger partial charge in [0.05, 0.1) is 17.1 Å². The van der Waals surface area contributed by atoms with Crippen LogP contribution in [0.3, 0.4) is 0 Å². The molecule has 0 saturated carbocycles. The predicted octanol–water partition coefficient (Wildman–Crippen LogP) is 3.55. The number of benzene rings is 2. The van der Waals surface area contributed by atoms with Gasteiger partial charge in [-0.15, -0.1) is 5.10 Å². The summed E-state index contributed by atoms with van der Waals surface area (Å²) in [7, 11) is 0. The number of nitrogen functional groups attached to an aromatic ring is 1. The fourth-order valence-electron chi connectivity index (χ4n) is 4.39. The monoisotopic (exact) mass is 456 g/mol. The lowest BCUT2D eigenvalue weighted by Gasteiger charge is -2.23. The van der Waals surface area contributed by atoms with Crippen LogP contribution in [0.15, 0.2) is 71.8 Å². The number of carbonyl (C=O) groups is 1. The molecule has 0 aliphatic rings. The highest BCUT2D eigenvalue weighted by Gasteiger charge is 2.25. The molecule has 0 radical (unpaired) electrons. The Morgan fingerprint density at radius 3 is 2.65 bits per heavy atom. The number of amides is 1. The lowest BCUT2D eigenvalue weighted by atomic mass is 10.00. The molecule has 5 aromatic rings. The topological polar surface area (TPSA) is 107 Å². The van der Waals surface area contributed by atoms with Crippen molar-refractivity contribution >= 4 is 28.1 Å². The fraction of sp³-hybridized carbons (Fsp3) is 0.120. The molecule has 34 heavy (non-hydrogen) atoms. The molecule has 0 saturated heterocycles. The summed E-state index contributed by atoms with van der Waals surface area (Å²) in [6, 6.07) is 14.5. The minimum atomic E-state index is -0.633. The van der Waals surface area contributed by atoms with Crippen molar-refractivity contribution in [3.8, 4) is 5.69 Å². The average molecular weight is 456 g/mol. The van der Waals surface area contributed by atoms with Gasteiger partial charge in [0, 0.05) is 18.1 Å². The SMILES string of the molecule is Cc1c(C(C)NC(=O)c2c(N)nn3cccnc23)n(-c2ccccc2)c(=O)c2c(F)cccc12. The summed E-state index contributed by atoms with van der Waals surface area (Å²) < 4.78 is 17.6. The maximum Gasteiger partial charge on any atom is 0.266 e. The first-order valence-corrected chi connectivity index (χ1v) is 10.7. The van der Waals surface area contributed by atoms with E-state index in [9.17, 15) is 14.0 Å². The van der Waals surface area contributed by atoms with E-state index in [0.717, 1.165) is 0 Å². The van der Waals surface area contributed by atoms with E-state index in [1.165, 1.54) is 15.1 Å². The van der Waals surface area contributed by atoms with E-state index < -0.39 is 23.3 Å². The number of aryl methyl sites for hydroxylation is 1.